The van der Waals surface area contributed by atoms with Crippen LogP contribution in [0.4, 0.5) is 0 Å². The van der Waals surface area contributed by atoms with Gasteiger partial charge in [0, 0.05) is 18.3 Å². The number of hydrogen-bond donors (Lipinski definition) is 1. The second-order valence-electron chi connectivity index (χ2n) is 2.16. The molecule has 0 aromatic carbocycles. The Morgan fingerprint density at radius 3 is 2.44 bits per heavy atom. The van der Waals surface area contributed by atoms with Crippen LogP contribution in [0.5, 0.6) is 0 Å². The van der Waals surface area contributed by atoms with Gasteiger partial charge >= 0.3 is 0 Å². The quantitative estimate of drug-likeness (QED) is 0.532. The van der Waals surface area contributed by atoms with Crippen molar-refractivity contribution in [2.24, 2.45) is 0 Å². The summed E-state index contributed by atoms with van der Waals surface area (Å²) in [5.74, 6) is 0.208. The lowest BCUT2D eigenvalue weighted by Crippen LogP contribution is -2.10. The summed E-state index contributed by atoms with van der Waals surface area (Å²) in [6, 6.07) is 3.90. The van der Waals surface area contributed by atoms with Gasteiger partial charge in [-0.05, 0) is 12.1 Å². The zero-order valence-electron chi connectivity index (χ0n) is 5.49. The van der Waals surface area contributed by atoms with Gasteiger partial charge in [0.05, 0.1) is 6.61 Å². The summed E-state index contributed by atoms with van der Waals surface area (Å²) in [6.45, 7) is 0.203. The molecular formula is C6H10BNO. The maximum atomic E-state index is 8.69. The van der Waals surface area contributed by atoms with Crippen LogP contribution in [-0.4, -0.2) is 24.1 Å². The van der Waals surface area contributed by atoms with E-state index in [9.17, 15) is 0 Å². The van der Waals surface area contributed by atoms with Crippen LogP contribution in [0, 0.1) is 0 Å². The van der Waals surface area contributed by atoms with Crippen LogP contribution in [0.3, 0.4) is 0 Å². The molecule has 0 aliphatic rings. The van der Waals surface area contributed by atoms with Crippen molar-refractivity contribution in [3.8, 4) is 0 Å². The van der Waals surface area contributed by atoms with Crippen LogP contribution in [0.1, 0.15) is 5.94 Å². The summed E-state index contributed by atoms with van der Waals surface area (Å²) >= 11 is 0. The van der Waals surface area contributed by atoms with Crippen molar-refractivity contribution in [3.63, 3.8) is 0 Å². The van der Waals surface area contributed by atoms with E-state index in [0.29, 0.717) is 0 Å². The molecule has 0 radical (unpaired) electrons. The summed E-state index contributed by atoms with van der Waals surface area (Å²) in [5.41, 5.74) is 0. The van der Waals surface area contributed by atoms with Gasteiger partial charge in [0.25, 0.3) is 0 Å². The maximum Gasteiger partial charge on any atom is 0.134 e. The minimum Gasteiger partial charge on any atom is -0.395 e. The predicted octanol–water partition coefficient (Wildman–Crippen LogP) is -0.388. The molecule has 1 aromatic heterocycles. The van der Waals surface area contributed by atoms with E-state index in [-0.39, 0.29) is 12.5 Å². The Hall–Kier alpha value is -0.695. The van der Waals surface area contributed by atoms with Crippen LogP contribution in [0.15, 0.2) is 24.5 Å². The number of rotatable bonds is 2. The van der Waals surface area contributed by atoms with Crippen molar-refractivity contribution in [2.45, 2.75) is 5.94 Å². The van der Waals surface area contributed by atoms with E-state index in [1.165, 1.54) is 0 Å². The van der Waals surface area contributed by atoms with Gasteiger partial charge in [-0.2, -0.15) is 0 Å². The molecule has 3 heteroatoms. The molecule has 0 spiro atoms. The van der Waals surface area contributed by atoms with E-state index in [1.807, 2.05) is 36.9 Å². The standard InChI is InChI=1S/C6H10BNO/c7-6(5-9)8-3-1-2-4-8/h1-4,6,9H,5,7H2. The molecule has 0 amide bonds. The first-order valence-electron chi connectivity index (χ1n) is 3.08. The molecule has 0 aliphatic heterocycles. The van der Waals surface area contributed by atoms with E-state index in [2.05, 4.69) is 0 Å². The summed E-state index contributed by atoms with van der Waals surface area (Å²) in [4.78, 5) is 0. The van der Waals surface area contributed by atoms with Crippen LogP contribution in [0.25, 0.3) is 0 Å². The first-order valence-corrected chi connectivity index (χ1v) is 3.08. The molecule has 0 fully saturated rings. The number of aliphatic hydroxyl groups excluding tert-OH is 1. The van der Waals surface area contributed by atoms with Crippen LogP contribution in [-0.2, 0) is 0 Å². The third-order valence-corrected chi connectivity index (χ3v) is 1.40. The summed E-state index contributed by atoms with van der Waals surface area (Å²) in [6.07, 6.45) is 3.89. The molecule has 1 N–H and O–H groups in total. The molecular weight excluding hydrogens is 113 g/mol. The fourth-order valence-electron chi connectivity index (χ4n) is 0.736. The lowest BCUT2D eigenvalue weighted by molar-refractivity contribution is 0.268. The Labute approximate surface area is 55.5 Å². The molecule has 2 nitrogen and oxygen atoms in total. The Morgan fingerprint density at radius 2 is 2.00 bits per heavy atom. The van der Waals surface area contributed by atoms with Gasteiger partial charge in [0.2, 0.25) is 0 Å². The van der Waals surface area contributed by atoms with Crippen molar-refractivity contribution in [1.82, 2.24) is 4.57 Å². The fraction of sp³-hybridized carbons (Fsp3) is 0.333. The van der Waals surface area contributed by atoms with Crippen LogP contribution in [0.2, 0.25) is 0 Å². The minimum atomic E-state index is 0.203. The zero-order valence-corrected chi connectivity index (χ0v) is 5.49. The number of nitrogens with zero attached hydrogens (tertiary/aromatic N) is 1. The highest BCUT2D eigenvalue weighted by Crippen LogP contribution is 1.99. The van der Waals surface area contributed by atoms with Crippen molar-refractivity contribution < 1.29 is 5.11 Å². The highest BCUT2D eigenvalue weighted by atomic mass is 16.3. The number of aliphatic hydroxyl groups is 1. The molecule has 1 atom stereocenters. The van der Waals surface area contributed by atoms with E-state index in [1.54, 1.807) is 0 Å². The smallest absolute Gasteiger partial charge is 0.134 e. The molecule has 0 saturated heterocycles. The third-order valence-electron chi connectivity index (χ3n) is 1.40. The highest BCUT2D eigenvalue weighted by Gasteiger charge is 1.97. The van der Waals surface area contributed by atoms with E-state index >= 15 is 0 Å². The average molecular weight is 123 g/mol. The van der Waals surface area contributed by atoms with Gasteiger partial charge in [-0.3, -0.25) is 0 Å². The van der Waals surface area contributed by atoms with Gasteiger partial charge in [-0.1, -0.05) is 0 Å². The number of hydrogen-bond acceptors (Lipinski definition) is 1. The molecule has 9 heavy (non-hydrogen) atoms. The van der Waals surface area contributed by atoms with Gasteiger partial charge < -0.3 is 9.67 Å². The fourth-order valence-corrected chi connectivity index (χ4v) is 0.736. The Morgan fingerprint density at radius 1 is 1.44 bits per heavy atom. The first-order chi connectivity index (χ1) is 4.34. The Kier molecular flexibility index (Phi) is 1.95. The highest BCUT2D eigenvalue weighted by molar-refractivity contribution is 6.10. The molecule has 1 aromatic rings. The third kappa shape index (κ3) is 1.36. The molecule has 0 saturated carbocycles. The largest absolute Gasteiger partial charge is 0.395 e. The normalized spacial score (nSPS) is 13.4. The average Bonchev–Trinajstić information content (AvgIpc) is 2.37. The second-order valence-corrected chi connectivity index (χ2v) is 2.16. The van der Waals surface area contributed by atoms with E-state index in [0.717, 1.165) is 0 Å². The van der Waals surface area contributed by atoms with Crippen molar-refractivity contribution in [1.29, 1.82) is 0 Å². The molecule has 0 bridgehead atoms. The zero-order chi connectivity index (χ0) is 6.69. The molecule has 48 valence electrons. The first kappa shape index (κ1) is 6.43. The van der Waals surface area contributed by atoms with E-state index in [4.69, 9.17) is 5.11 Å². The lowest BCUT2D eigenvalue weighted by Gasteiger charge is -2.08. The molecule has 0 aliphatic carbocycles. The predicted molar refractivity (Wildman–Crippen MR) is 39.1 cm³/mol. The van der Waals surface area contributed by atoms with Gasteiger partial charge in [0.15, 0.2) is 0 Å². The van der Waals surface area contributed by atoms with Gasteiger partial charge in [-0.25, -0.2) is 0 Å². The second kappa shape index (κ2) is 2.73. The molecule has 1 rings (SSSR count). The SMILES string of the molecule is BC(CO)n1cccc1. The van der Waals surface area contributed by atoms with Gasteiger partial charge in [0.1, 0.15) is 7.85 Å². The van der Waals surface area contributed by atoms with Crippen molar-refractivity contribution in [3.05, 3.63) is 24.5 Å². The molecule has 1 unspecified atom stereocenters. The maximum absolute atomic E-state index is 8.69. The van der Waals surface area contributed by atoms with E-state index < -0.39 is 0 Å². The Bertz CT molecular complexity index is 162. The van der Waals surface area contributed by atoms with Crippen LogP contribution >= 0.6 is 0 Å². The summed E-state index contributed by atoms with van der Waals surface area (Å²) in [5, 5.41) is 8.69. The van der Waals surface area contributed by atoms with Crippen molar-refractivity contribution in [2.75, 3.05) is 6.61 Å². The molecule has 1 heterocycles. The minimum absolute atomic E-state index is 0.203. The monoisotopic (exact) mass is 123 g/mol. The van der Waals surface area contributed by atoms with Crippen LogP contribution < -0.4 is 0 Å². The Balaban J connectivity index is 2.65. The lowest BCUT2D eigenvalue weighted by atomic mass is 9.98. The summed E-state index contributed by atoms with van der Waals surface area (Å²) < 4.78 is 1.97. The topological polar surface area (TPSA) is 25.2 Å². The number of aromatic nitrogens is 1. The van der Waals surface area contributed by atoms with Gasteiger partial charge in [-0.15, -0.1) is 0 Å². The summed E-state index contributed by atoms with van der Waals surface area (Å²) in [7, 11) is 1.97. The van der Waals surface area contributed by atoms with Crippen molar-refractivity contribution >= 4 is 7.85 Å².